The van der Waals surface area contributed by atoms with Crippen molar-refractivity contribution in [1.82, 2.24) is 9.88 Å². The molecule has 1 atom stereocenters. The Morgan fingerprint density at radius 3 is 2.67 bits per heavy atom. The van der Waals surface area contributed by atoms with Crippen LogP contribution in [-0.4, -0.2) is 34.8 Å². The van der Waals surface area contributed by atoms with Crippen molar-refractivity contribution < 1.29 is 9.59 Å². The number of nitrogens with two attached hydrogens (primary N) is 1. The van der Waals surface area contributed by atoms with Crippen molar-refractivity contribution in [3.63, 3.8) is 0 Å². The minimum absolute atomic E-state index is 0.172. The van der Waals surface area contributed by atoms with E-state index >= 15 is 0 Å². The summed E-state index contributed by atoms with van der Waals surface area (Å²) in [6.07, 6.45) is 11.4. The number of hydrogen-bond donors (Lipinski definition) is 1. The van der Waals surface area contributed by atoms with Crippen LogP contribution in [0.3, 0.4) is 0 Å². The molecule has 1 aromatic carbocycles. The number of rotatable bonds is 7. The van der Waals surface area contributed by atoms with Crippen LogP contribution in [0.4, 0.5) is 0 Å². The Balaban J connectivity index is 1.48. The maximum atomic E-state index is 12.8. The first-order valence-electron chi connectivity index (χ1n) is 11.1. The third-order valence-electron chi connectivity index (χ3n) is 6.99. The van der Waals surface area contributed by atoms with Gasteiger partial charge in [-0.2, -0.15) is 0 Å². The molecule has 1 aliphatic heterocycles. The lowest BCUT2D eigenvalue weighted by Gasteiger charge is -2.27. The minimum Gasteiger partial charge on any atom is -0.369 e. The maximum absolute atomic E-state index is 12.8. The molecule has 4 rings (SSSR count). The average Bonchev–Trinajstić information content (AvgIpc) is 3.44. The van der Waals surface area contributed by atoms with Crippen LogP contribution in [0, 0.1) is 11.3 Å². The van der Waals surface area contributed by atoms with Crippen LogP contribution in [0.5, 0.6) is 0 Å². The Morgan fingerprint density at radius 1 is 1.13 bits per heavy atom. The molecule has 1 unspecified atom stereocenters. The molecule has 1 aromatic heterocycles. The third-order valence-corrected chi connectivity index (χ3v) is 6.99. The molecule has 0 bridgehead atoms. The van der Waals surface area contributed by atoms with Gasteiger partial charge in [0.15, 0.2) is 0 Å². The normalized spacial score (nSPS) is 21.8. The van der Waals surface area contributed by atoms with Crippen molar-refractivity contribution in [3.05, 3.63) is 54.4 Å². The van der Waals surface area contributed by atoms with E-state index in [1.54, 1.807) is 6.20 Å². The number of likely N-dealkylation sites (tertiary alicyclic amines) is 1. The molecule has 2 aromatic rings. The van der Waals surface area contributed by atoms with Gasteiger partial charge >= 0.3 is 0 Å². The third kappa shape index (κ3) is 4.40. The molecule has 1 saturated carbocycles. The smallest absolute Gasteiger partial charge is 0.225 e. The molecule has 1 saturated heterocycles. The van der Waals surface area contributed by atoms with Crippen LogP contribution in [0.25, 0.3) is 11.1 Å². The highest BCUT2D eigenvalue weighted by atomic mass is 16.2. The van der Waals surface area contributed by atoms with Crippen molar-refractivity contribution in [2.75, 3.05) is 13.1 Å². The topological polar surface area (TPSA) is 76.3 Å². The van der Waals surface area contributed by atoms with Crippen molar-refractivity contribution in [1.29, 1.82) is 0 Å². The van der Waals surface area contributed by atoms with E-state index in [2.05, 4.69) is 17.1 Å². The summed E-state index contributed by atoms with van der Waals surface area (Å²) in [6, 6.07) is 12.0. The summed E-state index contributed by atoms with van der Waals surface area (Å²) in [4.78, 5) is 31.5. The fourth-order valence-corrected chi connectivity index (χ4v) is 5.15. The van der Waals surface area contributed by atoms with E-state index in [0.717, 1.165) is 23.1 Å². The number of carbonyl (C=O) groups excluding carboxylic acids is 2. The summed E-state index contributed by atoms with van der Waals surface area (Å²) >= 11 is 0. The lowest BCUT2D eigenvalue weighted by molar-refractivity contribution is -0.132. The molecule has 2 fully saturated rings. The second kappa shape index (κ2) is 8.99. The fourth-order valence-electron chi connectivity index (χ4n) is 5.15. The second-order valence-electron chi connectivity index (χ2n) is 8.97. The number of nitrogens with zero attached hydrogens (tertiary/aromatic N) is 2. The van der Waals surface area contributed by atoms with E-state index in [9.17, 15) is 9.59 Å². The van der Waals surface area contributed by atoms with Crippen molar-refractivity contribution >= 4 is 11.8 Å². The summed E-state index contributed by atoms with van der Waals surface area (Å²) in [5.41, 5.74) is 8.37. The van der Waals surface area contributed by atoms with Gasteiger partial charge in [0.25, 0.3) is 0 Å². The van der Waals surface area contributed by atoms with Gasteiger partial charge in [0.1, 0.15) is 0 Å². The number of primary amides is 1. The number of amides is 2. The molecular weight excluding hydrogens is 374 g/mol. The van der Waals surface area contributed by atoms with E-state index in [4.69, 9.17) is 5.73 Å². The van der Waals surface area contributed by atoms with Crippen molar-refractivity contribution in [2.24, 2.45) is 17.1 Å². The molecule has 2 N–H and O–H groups in total. The molecule has 1 aliphatic carbocycles. The van der Waals surface area contributed by atoms with Gasteiger partial charge in [-0.05, 0) is 42.4 Å². The van der Waals surface area contributed by atoms with Crippen LogP contribution in [0.1, 0.15) is 50.5 Å². The standard InChI is InChI=1S/C25H31N3O2/c26-24(30)25(13-15-28(18-25)23(29)12-11-19-6-1-2-7-19)16-20-8-3-4-10-22(20)21-9-5-14-27-17-21/h3-5,8-10,14,17,19H,1-2,6-7,11-13,15-16,18H2,(H2,26,30). The highest BCUT2D eigenvalue weighted by Crippen LogP contribution is 2.37. The Morgan fingerprint density at radius 2 is 1.93 bits per heavy atom. The van der Waals surface area contributed by atoms with Crippen molar-refractivity contribution in [2.45, 2.75) is 51.4 Å². The lowest BCUT2D eigenvalue weighted by Crippen LogP contribution is -2.42. The van der Waals surface area contributed by atoms with Gasteiger partial charge in [-0.15, -0.1) is 0 Å². The van der Waals surface area contributed by atoms with Crippen molar-refractivity contribution in [3.8, 4) is 11.1 Å². The Hall–Kier alpha value is -2.69. The van der Waals surface area contributed by atoms with Gasteiger partial charge in [0, 0.05) is 37.5 Å². The largest absolute Gasteiger partial charge is 0.369 e. The zero-order chi connectivity index (χ0) is 21.0. The molecule has 5 nitrogen and oxygen atoms in total. The summed E-state index contributed by atoms with van der Waals surface area (Å²) < 4.78 is 0. The number of aromatic nitrogens is 1. The van der Waals surface area contributed by atoms with Gasteiger partial charge < -0.3 is 10.6 Å². The number of hydrogen-bond acceptors (Lipinski definition) is 3. The zero-order valence-corrected chi connectivity index (χ0v) is 17.6. The summed E-state index contributed by atoms with van der Waals surface area (Å²) in [5.74, 6) is 0.559. The lowest BCUT2D eigenvalue weighted by atomic mass is 9.78. The van der Waals surface area contributed by atoms with Crippen LogP contribution >= 0.6 is 0 Å². The molecule has 30 heavy (non-hydrogen) atoms. The first-order valence-corrected chi connectivity index (χ1v) is 11.1. The molecule has 158 valence electrons. The van der Waals surface area contributed by atoms with Crippen LogP contribution in [0.15, 0.2) is 48.8 Å². The van der Waals surface area contributed by atoms with Crippen LogP contribution < -0.4 is 5.73 Å². The van der Waals surface area contributed by atoms with Gasteiger partial charge in [-0.1, -0.05) is 56.0 Å². The Kier molecular flexibility index (Phi) is 6.16. The number of carbonyl (C=O) groups is 2. The highest BCUT2D eigenvalue weighted by Gasteiger charge is 2.45. The monoisotopic (exact) mass is 405 g/mol. The fraction of sp³-hybridized carbons (Fsp3) is 0.480. The summed E-state index contributed by atoms with van der Waals surface area (Å²) in [6.45, 7) is 1.04. The highest BCUT2D eigenvalue weighted by molar-refractivity contribution is 5.85. The zero-order valence-electron chi connectivity index (χ0n) is 17.6. The Labute approximate surface area is 178 Å². The molecular formula is C25H31N3O2. The first-order chi connectivity index (χ1) is 14.6. The second-order valence-corrected chi connectivity index (χ2v) is 8.97. The molecule has 2 heterocycles. The molecule has 2 amide bonds. The minimum atomic E-state index is -0.707. The van der Waals surface area contributed by atoms with Gasteiger partial charge in [0.05, 0.1) is 5.41 Å². The number of benzene rings is 1. The average molecular weight is 406 g/mol. The maximum Gasteiger partial charge on any atom is 0.225 e. The predicted molar refractivity (Wildman–Crippen MR) is 117 cm³/mol. The number of pyridine rings is 1. The molecule has 5 heteroatoms. The Bertz CT molecular complexity index is 892. The summed E-state index contributed by atoms with van der Waals surface area (Å²) in [5, 5.41) is 0. The van der Waals surface area contributed by atoms with E-state index in [1.807, 2.05) is 35.4 Å². The van der Waals surface area contributed by atoms with E-state index in [0.29, 0.717) is 38.3 Å². The van der Waals surface area contributed by atoms with Gasteiger partial charge in [-0.25, -0.2) is 0 Å². The van der Waals surface area contributed by atoms with Gasteiger partial charge in [-0.3, -0.25) is 14.6 Å². The molecule has 2 aliphatic rings. The van der Waals surface area contributed by atoms with E-state index in [-0.39, 0.29) is 11.8 Å². The SMILES string of the molecule is NC(=O)C1(Cc2ccccc2-c2cccnc2)CCN(C(=O)CCC2CCCC2)C1. The van der Waals surface area contributed by atoms with Crippen LogP contribution in [0.2, 0.25) is 0 Å². The summed E-state index contributed by atoms with van der Waals surface area (Å²) in [7, 11) is 0. The molecule has 0 radical (unpaired) electrons. The van der Waals surface area contributed by atoms with E-state index in [1.165, 1.54) is 25.7 Å². The van der Waals surface area contributed by atoms with E-state index < -0.39 is 5.41 Å². The quantitative estimate of drug-likeness (QED) is 0.757. The van der Waals surface area contributed by atoms with Crippen LogP contribution in [-0.2, 0) is 16.0 Å². The predicted octanol–water partition coefficient (Wildman–Crippen LogP) is 3.97. The molecule has 0 spiro atoms. The first kappa shape index (κ1) is 20.6. The van der Waals surface area contributed by atoms with Gasteiger partial charge in [0.2, 0.25) is 11.8 Å².